The van der Waals surface area contributed by atoms with Crippen molar-refractivity contribution < 1.29 is 14.6 Å². The minimum absolute atomic E-state index is 0.00717. The van der Waals surface area contributed by atoms with Crippen molar-refractivity contribution in [3.63, 3.8) is 0 Å². The van der Waals surface area contributed by atoms with Crippen LogP contribution < -0.4 is 0 Å². The Labute approximate surface area is 133 Å². The predicted octanol–water partition coefficient (Wildman–Crippen LogP) is -0.0517. The van der Waals surface area contributed by atoms with E-state index in [0.717, 1.165) is 5.56 Å². The molecule has 1 saturated heterocycles. The highest BCUT2D eigenvalue weighted by molar-refractivity contribution is 5.76. The minimum Gasteiger partial charge on any atom is -0.394 e. The predicted molar refractivity (Wildman–Crippen MR) is 81.3 cm³/mol. The van der Waals surface area contributed by atoms with E-state index in [9.17, 15) is 9.90 Å². The smallest absolute Gasteiger partial charge is 0.246 e. The molecule has 23 heavy (non-hydrogen) atoms. The average molecular weight is 317 g/mol. The number of aliphatic hydroxyl groups excluding tert-OH is 1. The van der Waals surface area contributed by atoms with Gasteiger partial charge in [0.2, 0.25) is 11.7 Å². The van der Waals surface area contributed by atoms with Crippen LogP contribution in [-0.2, 0) is 16.1 Å². The topological polar surface area (TPSA) is 93.4 Å². The number of carbonyl (C=O) groups is 1. The number of aromatic nitrogens is 4. The van der Waals surface area contributed by atoms with Crippen molar-refractivity contribution in [2.75, 3.05) is 20.3 Å². The molecule has 2 atom stereocenters. The van der Waals surface area contributed by atoms with Crippen molar-refractivity contribution >= 4 is 5.91 Å². The van der Waals surface area contributed by atoms with Crippen LogP contribution in [0.1, 0.15) is 6.42 Å². The molecule has 0 radical (unpaired) electrons. The fraction of sp³-hybridized carbons (Fsp3) is 0.467. The third-order valence-electron chi connectivity index (χ3n) is 4.00. The largest absolute Gasteiger partial charge is 0.394 e. The Morgan fingerprint density at radius 3 is 2.87 bits per heavy atom. The second kappa shape index (κ2) is 6.84. The molecule has 1 aliphatic rings. The van der Waals surface area contributed by atoms with E-state index in [4.69, 9.17) is 4.74 Å². The Kier molecular flexibility index (Phi) is 4.63. The summed E-state index contributed by atoms with van der Waals surface area (Å²) in [6.45, 7) is 0.388. The summed E-state index contributed by atoms with van der Waals surface area (Å²) in [6.07, 6.45) is 0.596. The van der Waals surface area contributed by atoms with Crippen LogP contribution in [0.5, 0.6) is 0 Å². The van der Waals surface area contributed by atoms with Gasteiger partial charge in [-0.2, -0.15) is 4.80 Å². The van der Waals surface area contributed by atoms with Gasteiger partial charge in [0.05, 0.1) is 18.8 Å². The molecule has 8 nitrogen and oxygen atoms in total. The van der Waals surface area contributed by atoms with Gasteiger partial charge >= 0.3 is 0 Å². The van der Waals surface area contributed by atoms with Gasteiger partial charge in [-0.15, -0.1) is 10.2 Å². The summed E-state index contributed by atoms with van der Waals surface area (Å²) in [5.41, 5.74) is 0.847. The van der Waals surface area contributed by atoms with Gasteiger partial charge in [-0.1, -0.05) is 30.3 Å². The number of nitrogens with zero attached hydrogens (tertiary/aromatic N) is 5. The van der Waals surface area contributed by atoms with E-state index in [1.165, 1.54) is 4.80 Å². The van der Waals surface area contributed by atoms with Gasteiger partial charge in [0.15, 0.2) is 0 Å². The summed E-state index contributed by atoms with van der Waals surface area (Å²) in [7, 11) is 1.61. The van der Waals surface area contributed by atoms with Crippen molar-refractivity contribution in [1.29, 1.82) is 0 Å². The van der Waals surface area contributed by atoms with Crippen LogP contribution in [0.3, 0.4) is 0 Å². The number of rotatable bonds is 5. The molecular weight excluding hydrogens is 298 g/mol. The zero-order valence-electron chi connectivity index (χ0n) is 12.9. The third-order valence-corrected chi connectivity index (χ3v) is 4.00. The lowest BCUT2D eigenvalue weighted by Crippen LogP contribution is -2.40. The lowest BCUT2D eigenvalue weighted by molar-refractivity contribution is -0.134. The lowest BCUT2D eigenvalue weighted by Gasteiger charge is -2.22. The zero-order chi connectivity index (χ0) is 16.2. The Morgan fingerprint density at radius 1 is 1.39 bits per heavy atom. The molecule has 122 valence electrons. The van der Waals surface area contributed by atoms with Crippen LogP contribution in [0.2, 0.25) is 0 Å². The fourth-order valence-electron chi connectivity index (χ4n) is 2.75. The molecule has 1 aromatic carbocycles. The van der Waals surface area contributed by atoms with Gasteiger partial charge < -0.3 is 14.7 Å². The molecule has 1 N–H and O–H groups in total. The Hall–Kier alpha value is -2.32. The number of aliphatic hydroxyl groups is 1. The average Bonchev–Trinajstić information content (AvgIpc) is 3.22. The van der Waals surface area contributed by atoms with Crippen LogP contribution >= 0.6 is 0 Å². The van der Waals surface area contributed by atoms with E-state index in [0.29, 0.717) is 18.8 Å². The summed E-state index contributed by atoms with van der Waals surface area (Å²) < 4.78 is 5.28. The number of ether oxygens (including phenoxy) is 1. The minimum atomic E-state index is -0.218. The van der Waals surface area contributed by atoms with Crippen LogP contribution in [0.4, 0.5) is 0 Å². The summed E-state index contributed by atoms with van der Waals surface area (Å²) in [5, 5.41) is 21.6. The maximum Gasteiger partial charge on any atom is 0.246 e. The van der Waals surface area contributed by atoms with Crippen LogP contribution in [-0.4, -0.2) is 68.5 Å². The highest BCUT2D eigenvalue weighted by Gasteiger charge is 2.35. The first-order valence-corrected chi connectivity index (χ1v) is 7.47. The van der Waals surface area contributed by atoms with Crippen molar-refractivity contribution in [1.82, 2.24) is 25.1 Å². The van der Waals surface area contributed by atoms with E-state index < -0.39 is 0 Å². The van der Waals surface area contributed by atoms with Crippen molar-refractivity contribution in [2.24, 2.45) is 0 Å². The van der Waals surface area contributed by atoms with E-state index >= 15 is 0 Å². The number of benzene rings is 1. The third kappa shape index (κ3) is 3.38. The standard InChI is InChI=1S/C15H19N5O3/c1-23-13-7-12(10-21)19(8-13)14(22)9-20-17-15(16-18-20)11-5-3-2-4-6-11/h2-6,12-13,21H,7-10H2,1H3/t12-,13+/m0/s1. The quantitative estimate of drug-likeness (QED) is 0.831. The Bertz CT molecular complexity index is 660. The monoisotopic (exact) mass is 317 g/mol. The molecule has 2 aromatic rings. The summed E-state index contributed by atoms with van der Waals surface area (Å²) >= 11 is 0. The lowest BCUT2D eigenvalue weighted by atomic mass is 10.2. The maximum atomic E-state index is 12.4. The number of hydrogen-bond acceptors (Lipinski definition) is 6. The van der Waals surface area contributed by atoms with Gasteiger partial charge in [-0.05, 0) is 11.6 Å². The van der Waals surface area contributed by atoms with E-state index in [2.05, 4.69) is 15.4 Å². The normalized spacial score (nSPS) is 20.9. The summed E-state index contributed by atoms with van der Waals surface area (Å²) in [5.74, 6) is 0.328. The molecule has 0 saturated carbocycles. The first-order valence-electron chi connectivity index (χ1n) is 7.47. The van der Waals surface area contributed by atoms with Gasteiger partial charge in [0.1, 0.15) is 6.54 Å². The molecule has 3 rings (SSSR count). The molecule has 0 bridgehead atoms. The van der Waals surface area contributed by atoms with Gasteiger partial charge in [-0.25, -0.2) is 0 Å². The van der Waals surface area contributed by atoms with Crippen molar-refractivity contribution in [3.05, 3.63) is 30.3 Å². The number of hydrogen-bond donors (Lipinski definition) is 1. The molecule has 1 fully saturated rings. The molecule has 1 aliphatic heterocycles. The van der Waals surface area contributed by atoms with E-state index in [1.54, 1.807) is 12.0 Å². The molecule has 1 amide bonds. The molecule has 0 unspecified atom stereocenters. The summed E-state index contributed by atoms with van der Waals surface area (Å²) in [6, 6.07) is 9.24. The van der Waals surface area contributed by atoms with Crippen LogP contribution in [0.25, 0.3) is 11.4 Å². The highest BCUT2D eigenvalue weighted by Crippen LogP contribution is 2.20. The molecule has 8 heteroatoms. The summed E-state index contributed by atoms with van der Waals surface area (Å²) in [4.78, 5) is 15.3. The van der Waals surface area contributed by atoms with Crippen LogP contribution in [0.15, 0.2) is 30.3 Å². The Balaban J connectivity index is 1.68. The zero-order valence-corrected chi connectivity index (χ0v) is 12.9. The Morgan fingerprint density at radius 2 is 2.17 bits per heavy atom. The SMILES string of the molecule is CO[C@@H]1C[C@@H](CO)N(C(=O)Cn2nnc(-c3ccccc3)n2)C1. The fourth-order valence-corrected chi connectivity index (χ4v) is 2.75. The second-order valence-corrected chi connectivity index (χ2v) is 5.49. The van der Waals surface area contributed by atoms with E-state index in [-0.39, 0.29) is 31.2 Å². The molecular formula is C15H19N5O3. The van der Waals surface area contributed by atoms with Gasteiger partial charge in [-0.3, -0.25) is 4.79 Å². The van der Waals surface area contributed by atoms with Crippen molar-refractivity contribution in [2.45, 2.75) is 25.1 Å². The maximum absolute atomic E-state index is 12.4. The first kappa shape index (κ1) is 15.6. The molecule has 1 aromatic heterocycles. The van der Waals surface area contributed by atoms with Gasteiger partial charge in [0.25, 0.3) is 0 Å². The number of tetrazole rings is 1. The highest BCUT2D eigenvalue weighted by atomic mass is 16.5. The second-order valence-electron chi connectivity index (χ2n) is 5.49. The number of carbonyl (C=O) groups excluding carboxylic acids is 1. The molecule has 2 heterocycles. The van der Waals surface area contributed by atoms with Crippen molar-refractivity contribution in [3.8, 4) is 11.4 Å². The van der Waals surface area contributed by atoms with Crippen LogP contribution in [0, 0.1) is 0 Å². The first-order chi connectivity index (χ1) is 11.2. The molecule has 0 spiro atoms. The van der Waals surface area contributed by atoms with Gasteiger partial charge in [0, 0.05) is 19.2 Å². The number of methoxy groups -OCH3 is 1. The number of amides is 1. The van der Waals surface area contributed by atoms with E-state index in [1.807, 2.05) is 30.3 Å². The molecule has 0 aliphatic carbocycles. The number of likely N-dealkylation sites (tertiary alicyclic amines) is 1.